The fourth-order valence-corrected chi connectivity index (χ4v) is 1.75. The molecule has 1 heterocycles. The van der Waals surface area contributed by atoms with E-state index < -0.39 is 29.1 Å². The molecule has 1 aromatic heterocycles. The Bertz CT molecular complexity index is 668. The van der Waals surface area contributed by atoms with Crippen LogP contribution in [0.5, 0.6) is 0 Å². The normalized spacial score (nSPS) is 11.4. The molecule has 1 aromatic carbocycles. The lowest BCUT2D eigenvalue weighted by Gasteiger charge is -2.12. The van der Waals surface area contributed by atoms with Gasteiger partial charge in [0.2, 0.25) is 0 Å². The van der Waals surface area contributed by atoms with Crippen LogP contribution in [0, 0.1) is 5.82 Å². The molecule has 3 nitrogen and oxygen atoms in total. The Morgan fingerprint density at radius 1 is 1.15 bits per heavy atom. The van der Waals surface area contributed by atoms with E-state index in [0.717, 1.165) is 24.4 Å². The van der Waals surface area contributed by atoms with Gasteiger partial charge in [-0.1, -0.05) is 12.1 Å². The highest BCUT2D eigenvalue weighted by molar-refractivity contribution is 5.95. The topological polar surface area (TPSA) is 50.2 Å². The Morgan fingerprint density at radius 3 is 2.45 bits per heavy atom. The number of aromatic carboxylic acids is 1. The van der Waals surface area contributed by atoms with E-state index in [0.29, 0.717) is 6.07 Å². The summed E-state index contributed by atoms with van der Waals surface area (Å²) in [5, 5.41) is 8.97. The molecule has 0 saturated carbocycles. The van der Waals surface area contributed by atoms with E-state index in [1.165, 1.54) is 6.20 Å². The minimum Gasteiger partial charge on any atom is -0.478 e. The summed E-state index contributed by atoms with van der Waals surface area (Å²) < 4.78 is 51.9. The molecule has 104 valence electrons. The number of alkyl halides is 3. The van der Waals surface area contributed by atoms with Crippen LogP contribution >= 0.6 is 0 Å². The number of rotatable bonds is 2. The number of carbonyl (C=O) groups is 1. The summed E-state index contributed by atoms with van der Waals surface area (Å²) in [6.45, 7) is 0. The zero-order chi connectivity index (χ0) is 14.9. The van der Waals surface area contributed by atoms with E-state index in [1.807, 2.05) is 0 Å². The van der Waals surface area contributed by atoms with Crippen molar-refractivity contribution in [1.29, 1.82) is 0 Å². The lowest BCUT2D eigenvalue weighted by Crippen LogP contribution is -2.09. The Kier molecular flexibility index (Phi) is 3.44. The second-order valence-corrected chi connectivity index (χ2v) is 3.89. The minimum absolute atomic E-state index is 0.205. The smallest absolute Gasteiger partial charge is 0.419 e. The molecule has 20 heavy (non-hydrogen) atoms. The molecule has 7 heteroatoms. The molecule has 0 radical (unpaired) electrons. The lowest BCUT2D eigenvalue weighted by atomic mass is 9.99. The van der Waals surface area contributed by atoms with Crippen LogP contribution < -0.4 is 0 Å². The summed E-state index contributed by atoms with van der Waals surface area (Å²) in [5.41, 5.74) is -2.43. The van der Waals surface area contributed by atoms with Crippen LogP contribution in [0.25, 0.3) is 11.1 Å². The number of carboxylic acids is 1. The second kappa shape index (κ2) is 4.92. The minimum atomic E-state index is -4.86. The van der Waals surface area contributed by atoms with Crippen molar-refractivity contribution in [2.24, 2.45) is 0 Å². The van der Waals surface area contributed by atoms with Gasteiger partial charge in [0.05, 0.1) is 11.1 Å². The van der Waals surface area contributed by atoms with Crippen LogP contribution in [0.3, 0.4) is 0 Å². The quantitative estimate of drug-likeness (QED) is 0.858. The Morgan fingerprint density at radius 2 is 1.85 bits per heavy atom. The molecule has 0 spiro atoms. The first kappa shape index (κ1) is 14.0. The third kappa shape index (κ3) is 2.47. The summed E-state index contributed by atoms with van der Waals surface area (Å²) in [7, 11) is 0. The van der Waals surface area contributed by atoms with Crippen molar-refractivity contribution in [3.63, 3.8) is 0 Å². The van der Waals surface area contributed by atoms with E-state index in [-0.39, 0.29) is 11.1 Å². The molecule has 2 rings (SSSR count). The van der Waals surface area contributed by atoms with Crippen LogP contribution in [0.15, 0.2) is 36.7 Å². The number of aromatic nitrogens is 1. The SMILES string of the molecule is O=C(O)c1ccncc1-c1cccc(C(F)(F)F)c1F. The van der Waals surface area contributed by atoms with Crippen molar-refractivity contribution in [2.75, 3.05) is 0 Å². The standard InChI is InChI=1S/C13H7F4NO2/c14-11-7(2-1-3-10(11)13(15,16)17)9-6-18-5-4-8(9)12(19)20/h1-6H,(H,19,20). The third-order valence-electron chi connectivity index (χ3n) is 2.65. The number of hydrogen-bond donors (Lipinski definition) is 1. The fraction of sp³-hybridized carbons (Fsp3) is 0.0769. The number of halogens is 4. The van der Waals surface area contributed by atoms with Gasteiger partial charge in [0.15, 0.2) is 0 Å². The van der Waals surface area contributed by atoms with E-state index in [2.05, 4.69) is 4.98 Å². The van der Waals surface area contributed by atoms with Gasteiger partial charge in [-0.25, -0.2) is 9.18 Å². The fourth-order valence-electron chi connectivity index (χ4n) is 1.75. The van der Waals surface area contributed by atoms with Crippen molar-refractivity contribution >= 4 is 5.97 Å². The zero-order valence-electron chi connectivity index (χ0n) is 9.78. The predicted octanol–water partition coefficient (Wildman–Crippen LogP) is 3.60. The van der Waals surface area contributed by atoms with Gasteiger partial charge in [-0.05, 0) is 12.1 Å². The molecule has 0 saturated heterocycles. The van der Waals surface area contributed by atoms with Crippen molar-refractivity contribution < 1.29 is 27.5 Å². The second-order valence-electron chi connectivity index (χ2n) is 3.89. The summed E-state index contributed by atoms with van der Waals surface area (Å²) >= 11 is 0. The molecular formula is C13H7F4NO2. The first-order valence-corrected chi connectivity index (χ1v) is 5.35. The van der Waals surface area contributed by atoms with Crippen molar-refractivity contribution in [3.8, 4) is 11.1 Å². The van der Waals surface area contributed by atoms with E-state index >= 15 is 0 Å². The Balaban J connectivity index is 2.69. The molecule has 0 unspecified atom stereocenters. The Labute approximate surface area is 110 Å². The molecular weight excluding hydrogens is 278 g/mol. The van der Waals surface area contributed by atoms with Gasteiger partial charge in [-0.2, -0.15) is 13.2 Å². The molecule has 0 atom stereocenters. The van der Waals surface area contributed by atoms with Gasteiger partial charge in [0, 0.05) is 23.5 Å². The van der Waals surface area contributed by atoms with Gasteiger partial charge < -0.3 is 5.11 Å². The summed E-state index contributed by atoms with van der Waals surface area (Å²) in [6.07, 6.45) is -2.67. The van der Waals surface area contributed by atoms with Gasteiger partial charge in [0.25, 0.3) is 0 Å². The van der Waals surface area contributed by atoms with E-state index in [9.17, 15) is 22.4 Å². The van der Waals surface area contributed by atoms with Gasteiger partial charge in [-0.3, -0.25) is 4.98 Å². The molecule has 0 aliphatic heterocycles. The number of nitrogens with zero attached hydrogens (tertiary/aromatic N) is 1. The number of benzene rings is 1. The summed E-state index contributed by atoms with van der Waals surface area (Å²) in [4.78, 5) is 14.6. The Hall–Kier alpha value is -2.44. The van der Waals surface area contributed by atoms with Gasteiger partial charge >= 0.3 is 12.1 Å². The number of carboxylic acid groups (broad SMARTS) is 1. The highest BCUT2D eigenvalue weighted by Gasteiger charge is 2.35. The number of pyridine rings is 1. The first-order valence-electron chi connectivity index (χ1n) is 5.35. The maximum atomic E-state index is 14.0. The molecule has 0 aliphatic rings. The van der Waals surface area contributed by atoms with Crippen LogP contribution in [-0.2, 0) is 6.18 Å². The van der Waals surface area contributed by atoms with Crippen molar-refractivity contribution in [3.05, 3.63) is 53.6 Å². The summed E-state index contributed by atoms with van der Waals surface area (Å²) in [5.74, 6) is -2.89. The molecule has 2 aromatic rings. The molecule has 0 aliphatic carbocycles. The first-order chi connectivity index (χ1) is 9.32. The van der Waals surface area contributed by atoms with Gasteiger partial charge in [-0.15, -0.1) is 0 Å². The lowest BCUT2D eigenvalue weighted by molar-refractivity contribution is -0.139. The summed E-state index contributed by atoms with van der Waals surface area (Å²) in [6, 6.07) is 3.78. The molecule has 1 N–H and O–H groups in total. The van der Waals surface area contributed by atoms with Crippen molar-refractivity contribution in [2.45, 2.75) is 6.18 Å². The maximum Gasteiger partial charge on any atom is 0.419 e. The highest BCUT2D eigenvalue weighted by atomic mass is 19.4. The van der Waals surface area contributed by atoms with Crippen LogP contribution in [0.1, 0.15) is 15.9 Å². The van der Waals surface area contributed by atoms with Crippen molar-refractivity contribution in [1.82, 2.24) is 4.98 Å². The van der Waals surface area contributed by atoms with E-state index in [4.69, 9.17) is 5.11 Å². The van der Waals surface area contributed by atoms with Crippen LogP contribution in [0.4, 0.5) is 17.6 Å². The highest BCUT2D eigenvalue weighted by Crippen LogP contribution is 2.36. The molecule has 0 fully saturated rings. The third-order valence-corrected chi connectivity index (χ3v) is 2.65. The van der Waals surface area contributed by atoms with Crippen LogP contribution in [0.2, 0.25) is 0 Å². The van der Waals surface area contributed by atoms with Gasteiger partial charge in [0.1, 0.15) is 5.82 Å². The number of hydrogen-bond acceptors (Lipinski definition) is 2. The molecule has 0 amide bonds. The largest absolute Gasteiger partial charge is 0.478 e. The zero-order valence-corrected chi connectivity index (χ0v) is 9.78. The van der Waals surface area contributed by atoms with Crippen LogP contribution in [-0.4, -0.2) is 16.1 Å². The molecule has 0 bridgehead atoms. The monoisotopic (exact) mass is 285 g/mol. The average molecular weight is 285 g/mol. The maximum absolute atomic E-state index is 14.0. The van der Waals surface area contributed by atoms with E-state index in [1.54, 1.807) is 0 Å². The predicted molar refractivity (Wildman–Crippen MR) is 61.6 cm³/mol. The average Bonchev–Trinajstić information content (AvgIpc) is 2.37.